The Balaban J connectivity index is 2.66. The van der Waals surface area contributed by atoms with Gasteiger partial charge in [0.05, 0.1) is 0 Å². The molecular weight excluding hydrogens is 88.1 g/mol. The SMILES string of the molecule is [CH+]=C1C=C[N-]N=C1. The normalized spacial score (nSPS) is 16.7. The summed E-state index contributed by atoms with van der Waals surface area (Å²) in [6, 6.07) is 0. The van der Waals surface area contributed by atoms with Gasteiger partial charge in [-0.3, -0.25) is 0 Å². The van der Waals surface area contributed by atoms with Crippen LogP contribution in [0.4, 0.5) is 0 Å². The van der Waals surface area contributed by atoms with Crippen molar-refractivity contribution in [1.29, 1.82) is 0 Å². The molecule has 1 aliphatic heterocycles. The zero-order valence-corrected chi connectivity index (χ0v) is 3.70. The molecule has 0 aromatic heterocycles. The minimum atomic E-state index is 0.648. The average Bonchev–Trinajstić information content (AvgIpc) is 1.69. The van der Waals surface area contributed by atoms with Crippen LogP contribution in [0.25, 0.3) is 5.43 Å². The van der Waals surface area contributed by atoms with Gasteiger partial charge >= 0.3 is 0 Å². The highest BCUT2D eigenvalue weighted by atomic mass is 15.3. The molecule has 2 heteroatoms. The Morgan fingerprint density at radius 3 is 2.86 bits per heavy atom. The molecule has 0 unspecified atom stereocenters. The lowest BCUT2D eigenvalue weighted by molar-refractivity contribution is 1.44. The molecule has 34 valence electrons. The van der Waals surface area contributed by atoms with E-state index in [1.807, 2.05) is 0 Å². The van der Waals surface area contributed by atoms with Gasteiger partial charge in [0.25, 0.3) is 0 Å². The van der Waals surface area contributed by atoms with Crippen molar-refractivity contribution < 1.29 is 0 Å². The molecule has 0 aliphatic carbocycles. The van der Waals surface area contributed by atoms with E-state index < -0.39 is 0 Å². The number of allylic oxidation sites excluding steroid dienone is 2. The number of nitrogens with zero attached hydrogens (tertiary/aromatic N) is 2. The second-order valence-electron chi connectivity index (χ2n) is 1.18. The third kappa shape index (κ3) is 0.845. The van der Waals surface area contributed by atoms with Crippen LogP contribution in [0, 0.1) is 6.58 Å². The van der Waals surface area contributed by atoms with E-state index in [0.29, 0.717) is 5.57 Å². The smallest absolute Gasteiger partial charge is 0.195 e. The van der Waals surface area contributed by atoms with E-state index in [1.165, 1.54) is 6.21 Å². The van der Waals surface area contributed by atoms with Crippen molar-refractivity contribution in [2.75, 3.05) is 0 Å². The van der Waals surface area contributed by atoms with Crippen LogP contribution in [0.2, 0.25) is 0 Å². The van der Waals surface area contributed by atoms with E-state index >= 15 is 0 Å². The Bertz CT molecular complexity index is 119. The summed E-state index contributed by atoms with van der Waals surface area (Å²) in [5.74, 6) is 0. The van der Waals surface area contributed by atoms with Crippen LogP contribution in [-0.4, -0.2) is 6.21 Å². The van der Waals surface area contributed by atoms with Crippen LogP contribution in [0.1, 0.15) is 0 Å². The molecule has 0 saturated heterocycles. The molecule has 2 nitrogen and oxygen atoms in total. The first-order valence-corrected chi connectivity index (χ1v) is 1.92. The predicted molar refractivity (Wildman–Crippen MR) is 28.8 cm³/mol. The summed E-state index contributed by atoms with van der Waals surface area (Å²) in [6.07, 6.45) is 4.74. The Labute approximate surface area is 42.2 Å². The molecule has 0 saturated carbocycles. The highest BCUT2D eigenvalue weighted by Crippen LogP contribution is 2.00. The molecular formula is C5H4N2. The average molecular weight is 92.1 g/mol. The topological polar surface area (TPSA) is 26.5 Å². The van der Waals surface area contributed by atoms with Crippen LogP contribution >= 0.6 is 0 Å². The molecule has 7 heavy (non-hydrogen) atoms. The maximum Gasteiger partial charge on any atom is 0.195 e. The molecule has 0 radical (unpaired) electrons. The van der Waals surface area contributed by atoms with Gasteiger partial charge in [-0.15, -0.1) is 0 Å². The van der Waals surface area contributed by atoms with Gasteiger partial charge in [0, 0.05) is 12.7 Å². The van der Waals surface area contributed by atoms with Crippen molar-refractivity contribution in [1.82, 2.24) is 0 Å². The fraction of sp³-hybridized carbons (Fsp3) is 0. The Kier molecular flexibility index (Phi) is 0.886. The lowest BCUT2D eigenvalue weighted by atomic mass is 10.3. The molecule has 0 aromatic rings. The highest BCUT2D eigenvalue weighted by Gasteiger charge is 1.89. The van der Waals surface area contributed by atoms with Crippen LogP contribution in [-0.2, 0) is 0 Å². The standard InChI is InChI=1S/C5H4N2/c1-5-2-3-6-7-4-5/h1-4H. The van der Waals surface area contributed by atoms with Crippen LogP contribution < -0.4 is 0 Å². The summed E-state index contributed by atoms with van der Waals surface area (Å²) in [7, 11) is 0. The first-order valence-electron chi connectivity index (χ1n) is 1.92. The van der Waals surface area contributed by atoms with Gasteiger partial charge in [-0.1, -0.05) is 6.20 Å². The molecule has 0 atom stereocenters. The number of hydrogen-bond acceptors (Lipinski definition) is 1. The molecule has 0 aromatic carbocycles. The molecule has 0 fully saturated rings. The lowest BCUT2D eigenvalue weighted by Crippen LogP contribution is -1.79. The fourth-order valence-electron chi connectivity index (χ4n) is 0.301. The van der Waals surface area contributed by atoms with E-state index in [2.05, 4.69) is 10.5 Å². The molecule has 0 bridgehead atoms. The third-order valence-corrected chi connectivity index (χ3v) is 0.607. The van der Waals surface area contributed by atoms with Gasteiger partial charge in [0.15, 0.2) is 5.57 Å². The Morgan fingerprint density at radius 1 is 1.71 bits per heavy atom. The molecule has 0 spiro atoms. The van der Waals surface area contributed by atoms with Gasteiger partial charge in [0.1, 0.15) is 6.21 Å². The monoisotopic (exact) mass is 92.0 g/mol. The summed E-state index contributed by atoms with van der Waals surface area (Å²) in [5.41, 5.74) is 4.16. The maximum absolute atomic E-state index is 5.26. The fourth-order valence-corrected chi connectivity index (χ4v) is 0.301. The summed E-state index contributed by atoms with van der Waals surface area (Å²) in [4.78, 5) is 0. The third-order valence-electron chi connectivity index (χ3n) is 0.607. The number of rotatable bonds is 0. The summed E-state index contributed by atoms with van der Waals surface area (Å²) in [5, 5.41) is 3.51. The van der Waals surface area contributed by atoms with E-state index in [1.54, 1.807) is 12.3 Å². The minimum Gasteiger partial charge on any atom is -0.556 e. The van der Waals surface area contributed by atoms with Crippen molar-refractivity contribution in [3.63, 3.8) is 0 Å². The van der Waals surface area contributed by atoms with E-state index in [-0.39, 0.29) is 0 Å². The largest absolute Gasteiger partial charge is 0.556 e. The second-order valence-corrected chi connectivity index (χ2v) is 1.18. The van der Waals surface area contributed by atoms with Crippen molar-refractivity contribution in [3.8, 4) is 0 Å². The van der Waals surface area contributed by atoms with Gasteiger partial charge in [-0.2, -0.15) is 0 Å². The van der Waals surface area contributed by atoms with Crippen LogP contribution in [0.3, 0.4) is 0 Å². The van der Waals surface area contributed by atoms with Crippen molar-refractivity contribution >= 4 is 6.21 Å². The molecule has 1 rings (SSSR count). The first-order chi connectivity index (χ1) is 3.39. The Hall–Kier alpha value is -1.14. The van der Waals surface area contributed by atoms with Gasteiger partial charge in [-0.25, -0.2) is 0 Å². The zero-order valence-electron chi connectivity index (χ0n) is 3.70. The van der Waals surface area contributed by atoms with Gasteiger partial charge in [-0.05, 0) is 0 Å². The molecule has 0 N–H and O–H groups in total. The molecule has 0 amide bonds. The van der Waals surface area contributed by atoms with Crippen molar-refractivity contribution in [2.45, 2.75) is 0 Å². The Morgan fingerprint density at radius 2 is 2.57 bits per heavy atom. The molecule has 1 aliphatic rings. The quantitative estimate of drug-likeness (QED) is 0.402. The van der Waals surface area contributed by atoms with E-state index in [4.69, 9.17) is 6.58 Å². The van der Waals surface area contributed by atoms with Crippen molar-refractivity contribution in [2.24, 2.45) is 5.10 Å². The summed E-state index contributed by atoms with van der Waals surface area (Å²) >= 11 is 0. The van der Waals surface area contributed by atoms with Gasteiger partial charge < -0.3 is 10.5 Å². The van der Waals surface area contributed by atoms with Gasteiger partial charge in [0.2, 0.25) is 0 Å². The lowest BCUT2D eigenvalue weighted by Gasteiger charge is -2.02. The van der Waals surface area contributed by atoms with E-state index in [9.17, 15) is 0 Å². The first kappa shape index (κ1) is 4.03. The summed E-state index contributed by atoms with van der Waals surface area (Å²) in [6.45, 7) is 5.26. The van der Waals surface area contributed by atoms with Crippen molar-refractivity contribution in [3.05, 3.63) is 29.9 Å². The second kappa shape index (κ2) is 1.54. The van der Waals surface area contributed by atoms with Crippen LogP contribution in [0.5, 0.6) is 0 Å². The predicted octanol–water partition coefficient (Wildman–Crippen LogP) is 1.23. The highest BCUT2D eigenvalue weighted by molar-refractivity contribution is 5.82. The molecule has 1 heterocycles. The van der Waals surface area contributed by atoms with Crippen LogP contribution in [0.15, 0.2) is 23.0 Å². The van der Waals surface area contributed by atoms with E-state index in [0.717, 1.165) is 0 Å². The maximum atomic E-state index is 5.26. The number of hydrogen-bond donors (Lipinski definition) is 0. The zero-order chi connectivity index (χ0) is 5.11. The minimum absolute atomic E-state index is 0.648. The summed E-state index contributed by atoms with van der Waals surface area (Å²) < 4.78 is 0.